The number of nitrogens with one attached hydrogen (secondary N) is 1. The van der Waals surface area contributed by atoms with Gasteiger partial charge >= 0.3 is 0 Å². The van der Waals surface area contributed by atoms with Gasteiger partial charge in [-0.1, -0.05) is 11.6 Å². The van der Waals surface area contributed by atoms with Crippen LogP contribution < -0.4 is 0 Å². The molecular weight excluding hydrogens is 160 g/mol. The quantitative estimate of drug-likeness (QED) is 0.640. The van der Waals surface area contributed by atoms with E-state index >= 15 is 0 Å². The number of rotatable bonds is 0. The lowest BCUT2D eigenvalue weighted by atomic mass is 10.3. The molecule has 3 heteroatoms. The van der Waals surface area contributed by atoms with Crippen molar-refractivity contribution in [3.05, 3.63) is 29.0 Å². The van der Waals surface area contributed by atoms with E-state index in [1.54, 1.807) is 12.3 Å². The molecule has 2 heterocycles. The highest BCUT2D eigenvalue weighted by atomic mass is 35.5. The summed E-state index contributed by atoms with van der Waals surface area (Å²) in [7, 11) is 0. The van der Waals surface area contributed by atoms with Gasteiger partial charge in [-0.15, -0.1) is 0 Å². The van der Waals surface area contributed by atoms with Crippen LogP contribution in [0.2, 0.25) is 5.02 Å². The van der Waals surface area contributed by atoms with E-state index in [2.05, 4.69) is 9.97 Å². The topological polar surface area (TPSA) is 28.7 Å². The molecule has 2 rings (SSSR count). The molecule has 0 radical (unpaired) electrons. The summed E-state index contributed by atoms with van der Waals surface area (Å²) in [5, 5.41) is 1.74. The molecule has 11 heavy (non-hydrogen) atoms. The molecule has 0 bridgehead atoms. The summed E-state index contributed by atoms with van der Waals surface area (Å²) in [6, 6.07) is 3.78. The Hall–Kier alpha value is -1.02. The molecule has 2 nitrogen and oxygen atoms in total. The number of fused-ring (bicyclic) bond motifs is 1. The first-order valence-electron chi connectivity index (χ1n) is 3.37. The Balaban J connectivity index is 2.90. The van der Waals surface area contributed by atoms with Gasteiger partial charge in [0.1, 0.15) is 5.65 Å². The third kappa shape index (κ3) is 0.994. The van der Waals surface area contributed by atoms with Gasteiger partial charge in [0.15, 0.2) is 0 Å². The minimum Gasteiger partial charge on any atom is -0.344 e. The minimum atomic E-state index is 0.749. The van der Waals surface area contributed by atoms with Crippen molar-refractivity contribution >= 4 is 22.6 Å². The Morgan fingerprint density at radius 2 is 2.36 bits per heavy atom. The molecule has 1 N–H and O–H groups in total. The maximum Gasteiger partial charge on any atom is 0.138 e. The Morgan fingerprint density at radius 3 is 3.09 bits per heavy atom. The van der Waals surface area contributed by atoms with Gasteiger partial charge in [0.25, 0.3) is 0 Å². The number of aromatic nitrogens is 2. The van der Waals surface area contributed by atoms with E-state index in [-0.39, 0.29) is 0 Å². The number of H-pyrrole nitrogens is 1. The number of aromatic amines is 1. The minimum absolute atomic E-state index is 0.749. The number of aryl methyl sites for hydroxylation is 1. The average molecular weight is 167 g/mol. The van der Waals surface area contributed by atoms with E-state index in [1.807, 2.05) is 13.0 Å². The Bertz CT molecular complexity index is 392. The second-order valence-electron chi connectivity index (χ2n) is 2.51. The van der Waals surface area contributed by atoms with Gasteiger partial charge in [-0.05, 0) is 19.1 Å². The van der Waals surface area contributed by atoms with Gasteiger partial charge < -0.3 is 4.98 Å². The van der Waals surface area contributed by atoms with Crippen LogP contribution in [0.5, 0.6) is 0 Å². The molecule has 56 valence electrons. The summed E-state index contributed by atoms with van der Waals surface area (Å²) < 4.78 is 0. The van der Waals surface area contributed by atoms with Gasteiger partial charge in [0.2, 0.25) is 0 Å². The maximum atomic E-state index is 5.91. The van der Waals surface area contributed by atoms with E-state index in [1.165, 1.54) is 0 Å². The summed E-state index contributed by atoms with van der Waals surface area (Å²) in [6.45, 7) is 1.98. The van der Waals surface area contributed by atoms with Crippen LogP contribution >= 0.6 is 11.6 Å². The van der Waals surface area contributed by atoms with E-state index in [9.17, 15) is 0 Å². The van der Waals surface area contributed by atoms with Crippen molar-refractivity contribution < 1.29 is 0 Å². The fourth-order valence-corrected chi connectivity index (χ4v) is 1.33. The van der Waals surface area contributed by atoms with Crippen LogP contribution in [0, 0.1) is 6.92 Å². The van der Waals surface area contributed by atoms with Crippen LogP contribution in [0.15, 0.2) is 18.3 Å². The van der Waals surface area contributed by atoms with Gasteiger partial charge in [-0.2, -0.15) is 0 Å². The number of pyridine rings is 1. The predicted molar refractivity (Wildman–Crippen MR) is 45.8 cm³/mol. The molecular formula is C8H7ClN2. The average Bonchev–Trinajstić information content (AvgIpc) is 2.31. The summed E-state index contributed by atoms with van der Waals surface area (Å²) in [5.74, 6) is 0. The number of hydrogen-bond donors (Lipinski definition) is 1. The molecule has 0 unspecified atom stereocenters. The van der Waals surface area contributed by atoms with Gasteiger partial charge in [-0.3, -0.25) is 0 Å². The summed E-state index contributed by atoms with van der Waals surface area (Å²) in [5.41, 5.74) is 1.94. The molecule has 0 saturated carbocycles. The van der Waals surface area contributed by atoms with Gasteiger partial charge in [-0.25, -0.2) is 4.98 Å². The molecule has 0 atom stereocenters. The van der Waals surface area contributed by atoms with E-state index in [4.69, 9.17) is 11.6 Å². The molecule has 0 fully saturated rings. The summed E-state index contributed by atoms with van der Waals surface area (Å²) in [4.78, 5) is 7.23. The molecule has 2 aromatic rings. The van der Waals surface area contributed by atoms with Crippen LogP contribution in [0.1, 0.15) is 5.69 Å². The summed E-state index contributed by atoms with van der Waals surface area (Å²) >= 11 is 5.91. The van der Waals surface area contributed by atoms with Crippen LogP contribution in [-0.2, 0) is 0 Å². The normalized spacial score (nSPS) is 10.7. The number of halogens is 1. The zero-order valence-corrected chi connectivity index (χ0v) is 6.81. The van der Waals surface area contributed by atoms with Crippen LogP contribution in [-0.4, -0.2) is 9.97 Å². The van der Waals surface area contributed by atoms with E-state index in [0.29, 0.717) is 0 Å². The molecule has 0 amide bonds. The lowest BCUT2D eigenvalue weighted by Gasteiger charge is -1.89. The zero-order chi connectivity index (χ0) is 7.84. The molecule has 0 aliphatic carbocycles. The number of hydrogen-bond acceptors (Lipinski definition) is 1. The van der Waals surface area contributed by atoms with Crippen LogP contribution in [0.3, 0.4) is 0 Å². The first-order valence-corrected chi connectivity index (χ1v) is 3.75. The third-order valence-corrected chi connectivity index (χ3v) is 1.94. The van der Waals surface area contributed by atoms with Crippen molar-refractivity contribution in [1.82, 2.24) is 9.97 Å². The maximum absolute atomic E-state index is 5.91. The Labute approximate surface area is 69.2 Å². The molecule has 2 aromatic heterocycles. The van der Waals surface area contributed by atoms with Crippen molar-refractivity contribution in [1.29, 1.82) is 0 Å². The second kappa shape index (κ2) is 2.24. The molecule has 0 spiro atoms. The van der Waals surface area contributed by atoms with Gasteiger partial charge in [0, 0.05) is 17.3 Å². The fraction of sp³-hybridized carbons (Fsp3) is 0.125. The van der Waals surface area contributed by atoms with Crippen molar-refractivity contribution in [3.8, 4) is 0 Å². The Morgan fingerprint density at radius 1 is 1.55 bits per heavy atom. The molecule has 0 aliphatic heterocycles. The molecule has 0 aromatic carbocycles. The number of nitrogens with zero attached hydrogens (tertiary/aromatic N) is 1. The zero-order valence-electron chi connectivity index (χ0n) is 6.06. The van der Waals surface area contributed by atoms with Crippen molar-refractivity contribution in [3.63, 3.8) is 0 Å². The SMILES string of the molecule is Cc1cc2c(Cl)ccnc2[nH]1. The lowest BCUT2D eigenvalue weighted by molar-refractivity contribution is 1.25. The van der Waals surface area contributed by atoms with Crippen molar-refractivity contribution in [2.45, 2.75) is 6.92 Å². The standard InChI is InChI=1S/C8H7ClN2/c1-5-4-6-7(9)2-3-10-8(6)11-5/h2-4H,1H3,(H,10,11). The summed E-state index contributed by atoms with van der Waals surface area (Å²) in [6.07, 6.45) is 1.70. The van der Waals surface area contributed by atoms with E-state index in [0.717, 1.165) is 21.7 Å². The fourth-order valence-electron chi connectivity index (χ4n) is 1.13. The molecule has 0 saturated heterocycles. The van der Waals surface area contributed by atoms with Crippen molar-refractivity contribution in [2.24, 2.45) is 0 Å². The predicted octanol–water partition coefficient (Wildman–Crippen LogP) is 2.52. The third-order valence-electron chi connectivity index (χ3n) is 1.61. The first kappa shape index (κ1) is 6.68. The highest BCUT2D eigenvalue weighted by Crippen LogP contribution is 2.21. The highest BCUT2D eigenvalue weighted by molar-refractivity contribution is 6.35. The largest absolute Gasteiger partial charge is 0.344 e. The van der Waals surface area contributed by atoms with E-state index < -0.39 is 0 Å². The van der Waals surface area contributed by atoms with Crippen LogP contribution in [0.25, 0.3) is 11.0 Å². The molecule has 0 aliphatic rings. The van der Waals surface area contributed by atoms with Crippen LogP contribution in [0.4, 0.5) is 0 Å². The van der Waals surface area contributed by atoms with Gasteiger partial charge in [0.05, 0.1) is 5.02 Å². The van der Waals surface area contributed by atoms with Crippen molar-refractivity contribution in [2.75, 3.05) is 0 Å². The first-order chi connectivity index (χ1) is 5.27. The monoisotopic (exact) mass is 166 g/mol. The lowest BCUT2D eigenvalue weighted by Crippen LogP contribution is -1.74. The smallest absolute Gasteiger partial charge is 0.138 e. The highest BCUT2D eigenvalue weighted by Gasteiger charge is 2.00. The second-order valence-corrected chi connectivity index (χ2v) is 2.91. The Kier molecular flexibility index (Phi) is 1.36.